The maximum absolute atomic E-state index is 11.5. The summed E-state index contributed by atoms with van der Waals surface area (Å²) in [5, 5.41) is 27.8. The molecule has 9 nitrogen and oxygen atoms in total. The highest BCUT2D eigenvalue weighted by atomic mass is 32.2. The van der Waals surface area contributed by atoms with E-state index >= 15 is 0 Å². The number of aliphatic carboxylic acids is 1. The number of rotatable bonds is 7. The van der Waals surface area contributed by atoms with E-state index in [1.54, 1.807) is 24.3 Å². The minimum Gasteiger partial charge on any atom is -0.477 e. The second-order valence-electron chi connectivity index (χ2n) is 5.24. The Balaban J connectivity index is 1.82. The maximum atomic E-state index is 11.5. The molecule has 0 saturated heterocycles. The number of aromatic nitrogens is 2. The number of furan rings is 1. The number of benzene rings is 1. The van der Waals surface area contributed by atoms with Gasteiger partial charge in [0.15, 0.2) is 0 Å². The summed E-state index contributed by atoms with van der Waals surface area (Å²) in [5.74, 6) is 0.0191. The van der Waals surface area contributed by atoms with E-state index in [2.05, 4.69) is 10.2 Å². The van der Waals surface area contributed by atoms with Gasteiger partial charge in [-0.1, -0.05) is 6.92 Å². The van der Waals surface area contributed by atoms with Crippen molar-refractivity contribution < 1.29 is 23.7 Å². The van der Waals surface area contributed by atoms with Crippen LogP contribution in [-0.4, -0.2) is 26.2 Å². The van der Waals surface area contributed by atoms with E-state index in [9.17, 15) is 20.0 Å². The van der Waals surface area contributed by atoms with Gasteiger partial charge in [-0.05, 0) is 36.0 Å². The Hall–Kier alpha value is -3.40. The molecule has 0 aliphatic carbocycles. The zero-order chi connectivity index (χ0) is 19.4. The molecular formula is C17H13N3O6S. The quantitative estimate of drug-likeness (QED) is 0.276. The Morgan fingerprint density at radius 1 is 1.22 bits per heavy atom. The summed E-state index contributed by atoms with van der Waals surface area (Å²) in [5.41, 5.74) is 0.607. The van der Waals surface area contributed by atoms with Gasteiger partial charge in [0.2, 0.25) is 5.89 Å². The fraction of sp³-hybridized carbons (Fsp3) is 0.118. The van der Waals surface area contributed by atoms with E-state index in [0.717, 1.165) is 11.8 Å². The fourth-order valence-electron chi connectivity index (χ4n) is 2.11. The number of carboxylic acid groups (broad SMARTS) is 1. The topological polar surface area (TPSA) is 132 Å². The molecule has 138 valence electrons. The number of thioether (sulfide) groups is 1. The molecule has 2 aromatic heterocycles. The lowest BCUT2D eigenvalue weighted by Crippen LogP contribution is -1.96. The zero-order valence-corrected chi connectivity index (χ0v) is 14.8. The predicted octanol–water partition coefficient (Wildman–Crippen LogP) is 4.02. The minimum atomic E-state index is -1.16. The average molecular weight is 387 g/mol. The van der Waals surface area contributed by atoms with Crippen LogP contribution in [0.15, 0.2) is 55.4 Å². The lowest BCUT2D eigenvalue weighted by atomic mass is 10.1. The van der Waals surface area contributed by atoms with Crippen LogP contribution in [0.5, 0.6) is 0 Å². The molecule has 0 aliphatic rings. The lowest BCUT2D eigenvalue weighted by Gasteiger charge is -1.98. The predicted molar refractivity (Wildman–Crippen MR) is 95.9 cm³/mol. The van der Waals surface area contributed by atoms with Crippen LogP contribution in [-0.2, 0) is 11.2 Å². The van der Waals surface area contributed by atoms with Crippen LogP contribution in [0.3, 0.4) is 0 Å². The molecular weight excluding hydrogens is 374 g/mol. The maximum Gasteiger partial charge on any atom is 0.342 e. The van der Waals surface area contributed by atoms with Crippen LogP contribution in [0, 0.1) is 10.1 Å². The smallest absolute Gasteiger partial charge is 0.342 e. The van der Waals surface area contributed by atoms with Crippen molar-refractivity contribution in [3.05, 3.63) is 63.1 Å². The van der Waals surface area contributed by atoms with Gasteiger partial charge in [0.1, 0.15) is 16.4 Å². The Bertz CT molecular complexity index is 1010. The molecule has 1 aromatic carbocycles. The van der Waals surface area contributed by atoms with E-state index in [1.165, 1.54) is 18.2 Å². The highest BCUT2D eigenvalue weighted by molar-refractivity contribution is 8.03. The first-order chi connectivity index (χ1) is 13.0. The molecule has 2 heterocycles. The molecule has 0 bridgehead atoms. The number of carboxylic acids is 1. The van der Waals surface area contributed by atoms with Gasteiger partial charge in [-0.25, -0.2) is 4.79 Å². The van der Waals surface area contributed by atoms with E-state index in [1.807, 2.05) is 6.92 Å². The molecule has 1 N–H and O–H groups in total. The number of nitro benzene ring substituents is 1. The normalized spacial score (nSPS) is 11.5. The van der Waals surface area contributed by atoms with E-state index < -0.39 is 10.9 Å². The number of nitrogens with zero attached hydrogens (tertiary/aromatic N) is 3. The third-order valence-electron chi connectivity index (χ3n) is 3.42. The van der Waals surface area contributed by atoms with Crippen molar-refractivity contribution in [2.45, 2.75) is 18.6 Å². The Labute approximate surface area is 156 Å². The van der Waals surface area contributed by atoms with Gasteiger partial charge in [0, 0.05) is 30.2 Å². The molecule has 0 radical (unpaired) electrons. The molecule has 3 aromatic rings. The molecule has 0 spiro atoms. The summed E-state index contributed by atoms with van der Waals surface area (Å²) in [6.07, 6.45) is 1.90. The molecule has 0 atom stereocenters. The molecule has 0 aliphatic heterocycles. The Kier molecular flexibility index (Phi) is 5.36. The highest BCUT2D eigenvalue weighted by Gasteiger charge is 2.16. The number of non-ortho nitro benzene ring substituents is 1. The van der Waals surface area contributed by atoms with Gasteiger partial charge in [-0.3, -0.25) is 10.1 Å². The fourth-order valence-corrected chi connectivity index (χ4v) is 2.78. The second kappa shape index (κ2) is 7.87. The molecule has 0 saturated carbocycles. The van der Waals surface area contributed by atoms with Crippen LogP contribution >= 0.6 is 11.8 Å². The highest BCUT2D eigenvalue weighted by Crippen LogP contribution is 2.30. The molecule has 0 unspecified atom stereocenters. The first-order valence-electron chi connectivity index (χ1n) is 7.76. The summed E-state index contributed by atoms with van der Waals surface area (Å²) in [4.78, 5) is 21.6. The van der Waals surface area contributed by atoms with Gasteiger partial charge in [-0.15, -0.1) is 10.2 Å². The van der Waals surface area contributed by atoms with Crippen molar-refractivity contribution in [1.29, 1.82) is 0 Å². The van der Waals surface area contributed by atoms with E-state index in [-0.39, 0.29) is 15.8 Å². The van der Waals surface area contributed by atoms with Crippen molar-refractivity contribution in [3.63, 3.8) is 0 Å². The van der Waals surface area contributed by atoms with Crippen molar-refractivity contribution in [2.75, 3.05) is 0 Å². The third kappa shape index (κ3) is 4.42. The largest absolute Gasteiger partial charge is 0.477 e. The van der Waals surface area contributed by atoms with Crippen LogP contribution in [0.2, 0.25) is 0 Å². The number of aryl methyl sites for hydroxylation is 1. The molecule has 27 heavy (non-hydrogen) atoms. The summed E-state index contributed by atoms with van der Waals surface area (Å²) >= 11 is 0.824. The zero-order valence-electron chi connectivity index (χ0n) is 14.0. The van der Waals surface area contributed by atoms with Gasteiger partial charge in [-0.2, -0.15) is 0 Å². The number of nitro groups is 1. The first kappa shape index (κ1) is 18.4. The number of hydrogen-bond donors (Lipinski definition) is 1. The lowest BCUT2D eigenvalue weighted by molar-refractivity contribution is -0.384. The first-order valence-corrected chi connectivity index (χ1v) is 8.58. The van der Waals surface area contributed by atoms with Crippen LogP contribution in [0.25, 0.3) is 17.4 Å². The second-order valence-corrected chi connectivity index (χ2v) is 6.23. The summed E-state index contributed by atoms with van der Waals surface area (Å²) in [7, 11) is 0. The third-order valence-corrected chi connectivity index (χ3v) is 4.27. The van der Waals surface area contributed by atoms with E-state index in [0.29, 0.717) is 29.4 Å². The van der Waals surface area contributed by atoms with Gasteiger partial charge >= 0.3 is 5.97 Å². The Morgan fingerprint density at radius 2 is 1.96 bits per heavy atom. The van der Waals surface area contributed by atoms with Gasteiger partial charge < -0.3 is 13.9 Å². The monoisotopic (exact) mass is 387 g/mol. The number of hydrogen-bond acceptors (Lipinski definition) is 8. The van der Waals surface area contributed by atoms with Crippen LogP contribution in [0.1, 0.15) is 18.6 Å². The number of carbonyl (C=O) groups is 1. The minimum absolute atomic E-state index is 0.0269. The molecule has 10 heteroatoms. The van der Waals surface area contributed by atoms with E-state index in [4.69, 9.17) is 8.83 Å². The molecule has 0 amide bonds. The van der Waals surface area contributed by atoms with Crippen molar-refractivity contribution in [3.8, 4) is 11.3 Å². The van der Waals surface area contributed by atoms with Crippen molar-refractivity contribution in [1.82, 2.24) is 10.2 Å². The summed E-state index contributed by atoms with van der Waals surface area (Å²) in [6.45, 7) is 1.85. The summed E-state index contributed by atoms with van der Waals surface area (Å²) < 4.78 is 10.9. The van der Waals surface area contributed by atoms with Crippen LogP contribution < -0.4 is 0 Å². The Morgan fingerprint density at radius 3 is 2.56 bits per heavy atom. The van der Waals surface area contributed by atoms with Crippen molar-refractivity contribution >= 4 is 29.5 Å². The van der Waals surface area contributed by atoms with Crippen LogP contribution in [0.4, 0.5) is 5.69 Å². The standard InChI is InChI=1S/C17H13N3O6S/c1-2-15-18-19-17(26-15)27-14(16(21)22)9-12-7-8-13(25-12)10-3-5-11(6-4-10)20(23)24/h3-9H,2H2,1H3,(H,21,22)/b14-9-. The molecule has 0 fully saturated rings. The SMILES string of the molecule is CCc1nnc(S/C(=C\c2ccc(-c3ccc([N+](=O)[O-])cc3)o2)C(=O)O)o1. The average Bonchev–Trinajstić information content (AvgIpc) is 3.30. The van der Waals surface area contributed by atoms with Gasteiger partial charge in [0.25, 0.3) is 10.9 Å². The van der Waals surface area contributed by atoms with Gasteiger partial charge in [0.05, 0.1) is 4.92 Å². The summed E-state index contributed by atoms with van der Waals surface area (Å²) in [6, 6.07) is 9.11. The molecule has 3 rings (SSSR count). The van der Waals surface area contributed by atoms with Crippen molar-refractivity contribution in [2.24, 2.45) is 0 Å².